The van der Waals surface area contributed by atoms with Gasteiger partial charge in [0.05, 0.1) is 11.9 Å². The maximum absolute atomic E-state index is 13.6. The first-order valence-electron chi connectivity index (χ1n) is 9.67. The lowest BCUT2D eigenvalue weighted by Crippen LogP contribution is -2.42. The van der Waals surface area contributed by atoms with Crippen LogP contribution in [-0.4, -0.2) is 32.6 Å². The molecule has 1 spiro atoms. The van der Waals surface area contributed by atoms with Crippen molar-refractivity contribution in [3.05, 3.63) is 35.9 Å². The van der Waals surface area contributed by atoms with Gasteiger partial charge in [0, 0.05) is 35.4 Å². The summed E-state index contributed by atoms with van der Waals surface area (Å²) in [6.45, 7) is 9.46. The summed E-state index contributed by atoms with van der Waals surface area (Å²) in [4.78, 5) is 13.6. The third-order valence-corrected chi connectivity index (χ3v) is 9.97. The van der Waals surface area contributed by atoms with Crippen molar-refractivity contribution in [3.63, 3.8) is 0 Å². The highest BCUT2D eigenvalue weighted by Crippen LogP contribution is 2.71. The van der Waals surface area contributed by atoms with Crippen molar-refractivity contribution in [3.8, 4) is 5.75 Å². The number of hydrogen-bond donors (Lipinski definition) is 1. The molecule has 2 bridgehead atoms. The molecule has 6 heteroatoms. The van der Waals surface area contributed by atoms with E-state index in [0.29, 0.717) is 18.7 Å². The molecule has 2 unspecified atom stereocenters. The molecule has 2 heterocycles. The molecule has 3 fully saturated rings. The maximum atomic E-state index is 13.6. The molecule has 27 heavy (non-hydrogen) atoms. The Balaban J connectivity index is 1.58. The van der Waals surface area contributed by atoms with E-state index in [1.165, 1.54) is 0 Å². The third kappa shape index (κ3) is 1.98. The smallest absolute Gasteiger partial charge is 0.215 e. The number of ether oxygens (including phenoxy) is 1. The zero-order chi connectivity index (χ0) is 19.2. The van der Waals surface area contributed by atoms with Crippen LogP contribution < -0.4 is 9.46 Å². The van der Waals surface area contributed by atoms with Crippen molar-refractivity contribution in [1.29, 1.82) is 0 Å². The molecule has 1 aromatic rings. The quantitative estimate of drug-likeness (QED) is 0.809. The first-order valence-corrected chi connectivity index (χ1v) is 11.2. The first-order chi connectivity index (χ1) is 12.7. The molecule has 2 aliphatic heterocycles. The average molecular weight is 388 g/mol. The molecular weight excluding hydrogens is 362 g/mol. The molecule has 0 aromatic heterocycles. The van der Waals surface area contributed by atoms with Crippen molar-refractivity contribution >= 4 is 21.4 Å². The van der Waals surface area contributed by atoms with E-state index in [-0.39, 0.29) is 22.5 Å². The largest absolute Gasteiger partial charge is 0.493 e. The van der Waals surface area contributed by atoms with Gasteiger partial charge in [0.25, 0.3) is 0 Å². The van der Waals surface area contributed by atoms with Gasteiger partial charge in [-0.1, -0.05) is 32.6 Å². The number of benzene rings is 1. The van der Waals surface area contributed by atoms with E-state index in [4.69, 9.17) is 4.74 Å². The SMILES string of the molecule is C=C(C(=O)C1C2CC[C@]3(CNS(=O)(=O)[C@H]13)C2(C)C)c1cccc2c1CCO2. The number of nitrogens with one attached hydrogen (secondary N) is 1. The van der Waals surface area contributed by atoms with Crippen LogP contribution in [0, 0.1) is 22.7 Å². The van der Waals surface area contributed by atoms with Crippen LogP contribution in [0.3, 0.4) is 0 Å². The minimum absolute atomic E-state index is 0.0802. The third-order valence-electron chi connectivity index (χ3n) is 8.01. The van der Waals surface area contributed by atoms with E-state index in [0.717, 1.165) is 36.1 Å². The lowest BCUT2D eigenvalue weighted by atomic mass is 9.69. The maximum Gasteiger partial charge on any atom is 0.215 e. The van der Waals surface area contributed by atoms with Crippen LogP contribution in [0.4, 0.5) is 0 Å². The van der Waals surface area contributed by atoms with E-state index in [9.17, 15) is 13.2 Å². The van der Waals surface area contributed by atoms with Gasteiger partial charge in [0.1, 0.15) is 5.75 Å². The molecule has 4 aliphatic rings. The molecule has 5 nitrogen and oxygen atoms in total. The van der Waals surface area contributed by atoms with E-state index < -0.39 is 21.2 Å². The van der Waals surface area contributed by atoms with Gasteiger partial charge in [-0.15, -0.1) is 0 Å². The highest BCUT2D eigenvalue weighted by atomic mass is 32.2. The molecule has 0 amide bonds. The summed E-state index contributed by atoms with van der Waals surface area (Å²) in [7, 11) is -3.49. The van der Waals surface area contributed by atoms with E-state index in [1.54, 1.807) is 0 Å². The van der Waals surface area contributed by atoms with Crippen molar-refractivity contribution in [2.24, 2.45) is 22.7 Å². The fourth-order valence-electron chi connectivity index (χ4n) is 6.54. The normalized spacial score (nSPS) is 36.9. The van der Waals surface area contributed by atoms with Gasteiger partial charge in [-0.25, -0.2) is 13.1 Å². The molecule has 1 saturated heterocycles. The number of allylic oxidation sites excluding steroid dienone is 1. The summed E-state index contributed by atoms with van der Waals surface area (Å²) in [5.41, 5.74) is 1.73. The van der Waals surface area contributed by atoms with Gasteiger partial charge < -0.3 is 4.74 Å². The van der Waals surface area contributed by atoms with Crippen LogP contribution in [0.5, 0.6) is 5.75 Å². The zero-order valence-corrected chi connectivity index (χ0v) is 16.6. The van der Waals surface area contributed by atoms with Crippen molar-refractivity contribution in [2.75, 3.05) is 13.2 Å². The zero-order valence-electron chi connectivity index (χ0n) is 15.7. The summed E-state index contributed by atoms with van der Waals surface area (Å²) in [6.07, 6.45) is 2.53. The highest BCUT2D eigenvalue weighted by Gasteiger charge is 2.75. The topological polar surface area (TPSA) is 72.5 Å². The number of hydrogen-bond acceptors (Lipinski definition) is 4. The van der Waals surface area contributed by atoms with Crippen LogP contribution in [0.15, 0.2) is 24.8 Å². The molecule has 1 aromatic carbocycles. The Morgan fingerprint density at radius 2 is 2.11 bits per heavy atom. The van der Waals surface area contributed by atoms with E-state index in [1.807, 2.05) is 18.2 Å². The predicted molar refractivity (Wildman–Crippen MR) is 103 cm³/mol. The molecule has 5 rings (SSSR count). The highest BCUT2D eigenvalue weighted by molar-refractivity contribution is 7.90. The standard InChI is InChI=1S/C21H25NO4S/c1-12(13-5-4-6-16-14(13)8-10-26-16)18(23)17-15-7-9-21(20(15,2)3)11-22-27(24,25)19(17)21/h4-6,15,17,19,22H,1,7-11H2,2-3H3/t15?,17?,19-,21-/m1/s1. The number of sulfonamides is 1. The Labute approximate surface area is 160 Å². The molecule has 2 aliphatic carbocycles. The predicted octanol–water partition coefficient (Wildman–Crippen LogP) is 2.56. The molecule has 4 atom stereocenters. The molecule has 1 N–H and O–H groups in total. The van der Waals surface area contributed by atoms with E-state index >= 15 is 0 Å². The van der Waals surface area contributed by atoms with Gasteiger partial charge in [-0.2, -0.15) is 0 Å². The molecular formula is C21H25NO4S. The molecule has 2 saturated carbocycles. The van der Waals surface area contributed by atoms with Crippen LogP contribution in [0.25, 0.3) is 5.57 Å². The van der Waals surface area contributed by atoms with Gasteiger partial charge in [-0.05, 0) is 35.8 Å². The Bertz CT molecular complexity index is 980. The van der Waals surface area contributed by atoms with Gasteiger partial charge >= 0.3 is 0 Å². The second kappa shape index (κ2) is 5.23. The molecule has 0 radical (unpaired) electrons. The fraction of sp³-hybridized carbons (Fsp3) is 0.571. The van der Waals surface area contributed by atoms with Gasteiger partial charge in [0.2, 0.25) is 10.0 Å². The number of carbonyl (C=O) groups excluding carboxylic acids is 1. The summed E-state index contributed by atoms with van der Waals surface area (Å²) in [6, 6.07) is 5.69. The lowest BCUT2D eigenvalue weighted by molar-refractivity contribution is -0.119. The number of fused-ring (bicyclic) bond motifs is 2. The fourth-order valence-corrected chi connectivity index (χ4v) is 8.98. The summed E-state index contributed by atoms with van der Waals surface area (Å²) < 4.78 is 34.1. The first kappa shape index (κ1) is 17.4. The van der Waals surface area contributed by atoms with Gasteiger partial charge in [-0.3, -0.25) is 4.79 Å². The monoisotopic (exact) mass is 387 g/mol. The van der Waals surface area contributed by atoms with Crippen LogP contribution >= 0.6 is 0 Å². The van der Waals surface area contributed by atoms with E-state index in [2.05, 4.69) is 25.1 Å². The van der Waals surface area contributed by atoms with Crippen molar-refractivity contribution in [2.45, 2.75) is 38.4 Å². The number of ketones is 1. The lowest BCUT2D eigenvalue weighted by Gasteiger charge is -2.36. The minimum atomic E-state index is -3.49. The van der Waals surface area contributed by atoms with Crippen molar-refractivity contribution < 1.29 is 17.9 Å². The average Bonchev–Trinajstić information content (AvgIpc) is 3.33. The Kier molecular flexibility index (Phi) is 3.38. The molecule has 144 valence electrons. The summed E-state index contributed by atoms with van der Waals surface area (Å²) in [5.74, 6) is 0.268. The Morgan fingerprint density at radius 3 is 2.89 bits per heavy atom. The van der Waals surface area contributed by atoms with Crippen LogP contribution in [0.1, 0.15) is 37.8 Å². The second-order valence-corrected chi connectivity index (χ2v) is 10.9. The minimum Gasteiger partial charge on any atom is -0.493 e. The Hall–Kier alpha value is -1.66. The van der Waals surface area contributed by atoms with Crippen LogP contribution in [0.2, 0.25) is 0 Å². The number of Topliss-reactive ketones (excluding diaryl/α,β-unsaturated/α-hetero) is 1. The van der Waals surface area contributed by atoms with Gasteiger partial charge in [0.15, 0.2) is 5.78 Å². The second-order valence-electron chi connectivity index (χ2n) is 9.06. The summed E-state index contributed by atoms with van der Waals surface area (Å²) >= 11 is 0. The summed E-state index contributed by atoms with van der Waals surface area (Å²) in [5, 5.41) is -0.643. The number of carbonyl (C=O) groups is 1. The number of rotatable bonds is 3. The Morgan fingerprint density at radius 1 is 1.33 bits per heavy atom. The van der Waals surface area contributed by atoms with Crippen LogP contribution in [-0.2, 0) is 21.2 Å². The van der Waals surface area contributed by atoms with Crippen molar-refractivity contribution in [1.82, 2.24) is 4.72 Å².